The molecule has 0 N–H and O–H groups in total. The topological polar surface area (TPSA) is 43.2 Å². The largest absolute Gasteiger partial charge is 0.429 e. The molecule has 0 heterocycles. The quantitative estimate of drug-likeness (QED) is 0.303. The number of benzene rings is 2. The van der Waals surface area contributed by atoms with Crippen LogP contribution in [-0.2, 0) is 0 Å². The van der Waals surface area contributed by atoms with Crippen LogP contribution in [0, 0.1) is 27.7 Å². The van der Waals surface area contributed by atoms with Crippen LogP contribution in [0.1, 0.15) is 22.3 Å². The maximum Gasteiger partial charge on any atom is 0.311 e. The number of hydrogen-bond acceptors (Lipinski definition) is 4. The van der Waals surface area contributed by atoms with Crippen molar-refractivity contribution in [2.75, 3.05) is 0 Å². The molecule has 0 aliphatic rings. The summed E-state index contributed by atoms with van der Waals surface area (Å²) in [6.45, 7) is 7.47. The van der Waals surface area contributed by atoms with Gasteiger partial charge in [-0.2, -0.15) is 0 Å². The van der Waals surface area contributed by atoms with Crippen molar-refractivity contribution in [2.45, 2.75) is 27.7 Å². The Bertz CT molecular complexity index is 775. The number of aryl methyl sites for hydroxylation is 4. The summed E-state index contributed by atoms with van der Waals surface area (Å²) in [7, 11) is 0. The summed E-state index contributed by atoms with van der Waals surface area (Å²) in [6.07, 6.45) is 0. The monoisotopic (exact) mass is 432 g/mol. The summed E-state index contributed by atoms with van der Waals surface area (Å²) in [5, 5.41) is 8.31. The average molecular weight is 434 g/mol. The maximum absolute atomic E-state index is 6.11. The third-order valence-corrected chi connectivity index (χ3v) is 4.93. The van der Waals surface area contributed by atoms with Gasteiger partial charge in [-0.15, -0.1) is 0 Å². The molecule has 0 bridgehead atoms. The fourth-order valence-electron chi connectivity index (χ4n) is 2.24. The van der Waals surface area contributed by atoms with E-state index in [9.17, 15) is 0 Å². The molecule has 0 amide bonds. The molecule has 0 radical (unpaired) electrons. The third kappa shape index (κ3) is 5.52. The van der Waals surface area contributed by atoms with Crippen LogP contribution in [-0.4, -0.2) is 10.7 Å². The summed E-state index contributed by atoms with van der Waals surface area (Å²) in [5.74, 6) is 0.990. The summed E-state index contributed by atoms with van der Waals surface area (Å²) in [4.78, 5) is 0. The first-order valence-corrected chi connectivity index (χ1v) is 9.04. The summed E-state index contributed by atoms with van der Waals surface area (Å²) >= 11 is 24.1. The Balaban J connectivity index is 2.09. The molecular formula is C18H16Cl4N2O2. The Morgan fingerprint density at radius 3 is 1.19 bits per heavy atom. The van der Waals surface area contributed by atoms with Gasteiger partial charge in [0.2, 0.25) is 0 Å². The lowest BCUT2D eigenvalue weighted by Crippen LogP contribution is -2.03. The standard InChI is InChI=1S/C18H16Cl4N2O2/c1-9-5-13(6-10(2)15(9)19)25-17(21)23-24-18(22)26-14-7-11(3)16(20)12(4)8-14/h5-8H,1-4H3/b23-17-,24-18-. The van der Waals surface area contributed by atoms with E-state index >= 15 is 0 Å². The molecule has 0 aromatic heterocycles. The van der Waals surface area contributed by atoms with E-state index in [1.165, 1.54) is 0 Å². The van der Waals surface area contributed by atoms with Gasteiger partial charge >= 0.3 is 10.7 Å². The number of hydrogen-bond donors (Lipinski definition) is 0. The minimum absolute atomic E-state index is 0.212. The van der Waals surface area contributed by atoms with Gasteiger partial charge in [0.25, 0.3) is 0 Å². The van der Waals surface area contributed by atoms with Gasteiger partial charge < -0.3 is 9.47 Å². The van der Waals surface area contributed by atoms with Crippen molar-refractivity contribution < 1.29 is 9.47 Å². The van der Waals surface area contributed by atoms with Gasteiger partial charge in [-0.1, -0.05) is 33.4 Å². The molecule has 2 rings (SSSR count). The van der Waals surface area contributed by atoms with Crippen LogP contribution in [0.3, 0.4) is 0 Å². The first kappa shape index (κ1) is 20.8. The van der Waals surface area contributed by atoms with Gasteiger partial charge in [-0.3, -0.25) is 0 Å². The molecule has 4 nitrogen and oxygen atoms in total. The van der Waals surface area contributed by atoms with E-state index in [0.29, 0.717) is 21.5 Å². The third-order valence-electron chi connectivity index (χ3n) is 3.43. The second-order valence-corrected chi connectivity index (χ2v) is 7.05. The lowest BCUT2D eigenvalue weighted by atomic mass is 10.1. The van der Waals surface area contributed by atoms with E-state index in [4.69, 9.17) is 55.9 Å². The fraction of sp³-hybridized carbons (Fsp3) is 0.222. The van der Waals surface area contributed by atoms with Gasteiger partial charge in [0.05, 0.1) is 0 Å². The van der Waals surface area contributed by atoms with Gasteiger partial charge in [0.1, 0.15) is 11.5 Å². The first-order chi connectivity index (χ1) is 12.2. The van der Waals surface area contributed by atoms with Crippen molar-refractivity contribution >= 4 is 57.1 Å². The van der Waals surface area contributed by atoms with Crippen LogP contribution < -0.4 is 9.47 Å². The molecular weight excluding hydrogens is 418 g/mol. The van der Waals surface area contributed by atoms with Gasteiger partial charge in [0, 0.05) is 10.0 Å². The van der Waals surface area contributed by atoms with Crippen molar-refractivity contribution in [2.24, 2.45) is 10.2 Å². The van der Waals surface area contributed by atoms with Crippen LogP contribution in [0.2, 0.25) is 10.0 Å². The molecule has 2 aromatic rings. The molecule has 138 valence electrons. The van der Waals surface area contributed by atoms with Crippen molar-refractivity contribution in [1.29, 1.82) is 0 Å². The van der Waals surface area contributed by atoms with Gasteiger partial charge in [0.15, 0.2) is 0 Å². The first-order valence-electron chi connectivity index (χ1n) is 7.53. The summed E-state index contributed by atoms with van der Waals surface area (Å²) < 4.78 is 10.8. The van der Waals surface area contributed by atoms with E-state index in [1.807, 2.05) is 27.7 Å². The summed E-state index contributed by atoms with van der Waals surface area (Å²) in [5.41, 5.74) is 3.46. The second kappa shape index (κ2) is 8.96. The molecule has 0 saturated carbocycles. The van der Waals surface area contributed by atoms with Crippen LogP contribution >= 0.6 is 46.4 Å². The molecule has 26 heavy (non-hydrogen) atoms. The smallest absolute Gasteiger partial charge is 0.311 e. The molecule has 0 saturated heterocycles. The molecule has 0 unspecified atom stereocenters. The second-order valence-electron chi connectivity index (χ2n) is 5.65. The van der Waals surface area contributed by atoms with Crippen molar-refractivity contribution in [3.05, 3.63) is 56.6 Å². The molecule has 8 heteroatoms. The number of halogens is 4. The number of ether oxygens (including phenoxy) is 2. The Kier molecular flexibility index (Phi) is 7.18. The molecule has 0 atom stereocenters. The van der Waals surface area contributed by atoms with Crippen LogP contribution in [0.15, 0.2) is 34.5 Å². The molecule has 2 aromatic carbocycles. The van der Waals surface area contributed by atoms with Gasteiger partial charge in [-0.25, -0.2) is 0 Å². The van der Waals surface area contributed by atoms with Crippen molar-refractivity contribution in [1.82, 2.24) is 0 Å². The highest BCUT2D eigenvalue weighted by Gasteiger charge is 2.08. The van der Waals surface area contributed by atoms with E-state index in [0.717, 1.165) is 22.3 Å². The maximum atomic E-state index is 6.11. The van der Waals surface area contributed by atoms with Crippen LogP contribution in [0.5, 0.6) is 11.5 Å². The minimum atomic E-state index is -0.212. The Morgan fingerprint density at radius 1 is 0.654 bits per heavy atom. The molecule has 0 fully saturated rings. The van der Waals surface area contributed by atoms with Crippen LogP contribution in [0.25, 0.3) is 0 Å². The zero-order valence-corrected chi connectivity index (χ0v) is 17.6. The molecule has 0 aliphatic carbocycles. The zero-order chi connectivity index (χ0) is 19.4. The SMILES string of the molecule is Cc1cc(O/C(Cl)=N\N=C(\Cl)Oc2cc(C)c(Cl)c(C)c2)cc(C)c1Cl. The fourth-order valence-corrected chi connectivity index (χ4v) is 2.72. The number of rotatable bonds is 3. The lowest BCUT2D eigenvalue weighted by molar-refractivity contribution is 0.550. The van der Waals surface area contributed by atoms with E-state index in [1.54, 1.807) is 24.3 Å². The highest BCUT2D eigenvalue weighted by atomic mass is 35.5. The highest BCUT2D eigenvalue weighted by molar-refractivity contribution is 6.64. The Morgan fingerprint density at radius 2 is 0.923 bits per heavy atom. The van der Waals surface area contributed by atoms with Crippen molar-refractivity contribution in [3.63, 3.8) is 0 Å². The highest BCUT2D eigenvalue weighted by Crippen LogP contribution is 2.27. The minimum Gasteiger partial charge on any atom is -0.429 e. The normalized spacial score (nSPS) is 12.3. The lowest BCUT2D eigenvalue weighted by Gasteiger charge is -2.08. The zero-order valence-electron chi connectivity index (χ0n) is 14.5. The Hall–Kier alpha value is -1.46. The van der Waals surface area contributed by atoms with Crippen LogP contribution in [0.4, 0.5) is 0 Å². The predicted octanol–water partition coefficient (Wildman–Crippen LogP) is 6.79. The van der Waals surface area contributed by atoms with E-state index < -0.39 is 0 Å². The van der Waals surface area contributed by atoms with Gasteiger partial charge in [-0.05, 0) is 97.4 Å². The summed E-state index contributed by atoms with van der Waals surface area (Å²) in [6, 6.07) is 6.98. The number of nitrogens with zero attached hydrogens (tertiary/aromatic N) is 2. The van der Waals surface area contributed by atoms with Crippen molar-refractivity contribution in [3.8, 4) is 11.5 Å². The van der Waals surface area contributed by atoms with E-state index in [2.05, 4.69) is 10.2 Å². The predicted molar refractivity (Wildman–Crippen MR) is 110 cm³/mol. The van der Waals surface area contributed by atoms with E-state index in [-0.39, 0.29) is 10.7 Å². The molecule has 0 aliphatic heterocycles. The Labute approximate surface area is 172 Å². The molecule has 0 spiro atoms. The average Bonchev–Trinajstić information content (AvgIpc) is 2.55.